The molecule has 9 nitrogen and oxygen atoms in total. The summed E-state index contributed by atoms with van der Waals surface area (Å²) in [7, 11) is -1.63. The molecule has 0 spiro atoms. The van der Waals surface area contributed by atoms with Gasteiger partial charge in [-0.2, -0.15) is 4.31 Å². The van der Waals surface area contributed by atoms with E-state index in [1.165, 1.54) is 0 Å². The summed E-state index contributed by atoms with van der Waals surface area (Å²) in [6.07, 6.45) is 5.25. The Bertz CT molecular complexity index is 1150. The zero-order chi connectivity index (χ0) is 24.3. The highest BCUT2D eigenvalue weighted by atomic mass is 32.2. The quantitative estimate of drug-likeness (QED) is 0.641. The van der Waals surface area contributed by atoms with Gasteiger partial charge in [0.2, 0.25) is 21.8 Å². The smallest absolute Gasteiger partial charge is 0.243 e. The van der Waals surface area contributed by atoms with Gasteiger partial charge in [-0.1, -0.05) is 6.42 Å². The van der Waals surface area contributed by atoms with E-state index < -0.39 is 10.0 Å². The number of rotatable bonds is 7. The van der Waals surface area contributed by atoms with Crippen molar-refractivity contribution in [3.05, 3.63) is 24.0 Å². The van der Waals surface area contributed by atoms with Gasteiger partial charge >= 0.3 is 0 Å². The lowest BCUT2D eigenvalue weighted by atomic mass is 9.96. The maximum atomic E-state index is 13.0. The number of hydrogen-bond acceptors (Lipinski definition) is 5. The number of nitrogens with zero attached hydrogens (tertiary/aromatic N) is 4. The molecule has 2 fully saturated rings. The molecular weight excluding hydrogens is 454 g/mol. The first-order valence-electron chi connectivity index (χ1n) is 12.3. The molecule has 1 aromatic heterocycles. The lowest BCUT2D eigenvalue weighted by molar-refractivity contribution is -0.135. The van der Waals surface area contributed by atoms with Crippen molar-refractivity contribution in [2.45, 2.75) is 56.8 Å². The molecule has 2 aliphatic heterocycles. The normalized spacial score (nSPS) is 19.9. The first kappa shape index (κ1) is 24.7. The second-order valence-electron chi connectivity index (χ2n) is 9.28. The molecular formula is C24H35N5O4S. The van der Waals surface area contributed by atoms with Crippen molar-refractivity contribution in [3.63, 3.8) is 0 Å². The summed E-state index contributed by atoms with van der Waals surface area (Å²) in [5.74, 6) is 0.641. The van der Waals surface area contributed by atoms with Crippen LogP contribution in [0.2, 0.25) is 0 Å². The largest absolute Gasteiger partial charge is 0.356 e. The second kappa shape index (κ2) is 10.4. The zero-order valence-corrected chi connectivity index (χ0v) is 20.9. The average Bonchev–Trinajstić information content (AvgIpc) is 3.18. The monoisotopic (exact) mass is 489 g/mol. The van der Waals surface area contributed by atoms with Crippen molar-refractivity contribution in [1.82, 2.24) is 24.1 Å². The topological polar surface area (TPSA) is 105 Å². The van der Waals surface area contributed by atoms with Crippen LogP contribution < -0.4 is 5.32 Å². The van der Waals surface area contributed by atoms with E-state index in [1.807, 2.05) is 18.5 Å². The van der Waals surface area contributed by atoms with Gasteiger partial charge in [0.1, 0.15) is 5.82 Å². The molecule has 2 saturated heterocycles. The van der Waals surface area contributed by atoms with Crippen molar-refractivity contribution in [2.75, 3.05) is 32.7 Å². The zero-order valence-electron chi connectivity index (χ0n) is 20.1. The van der Waals surface area contributed by atoms with E-state index in [2.05, 4.69) is 10.3 Å². The number of likely N-dealkylation sites (tertiary alicyclic amines) is 1. The first-order chi connectivity index (χ1) is 16.3. The number of carbonyl (C=O) groups is 2. The fraction of sp³-hybridized carbons (Fsp3) is 0.625. The van der Waals surface area contributed by atoms with E-state index >= 15 is 0 Å². The van der Waals surface area contributed by atoms with Crippen molar-refractivity contribution in [1.29, 1.82) is 0 Å². The van der Waals surface area contributed by atoms with Crippen molar-refractivity contribution in [3.8, 4) is 0 Å². The van der Waals surface area contributed by atoms with Gasteiger partial charge in [0, 0.05) is 52.6 Å². The molecule has 186 valence electrons. The van der Waals surface area contributed by atoms with Crippen LogP contribution in [0.5, 0.6) is 0 Å². The van der Waals surface area contributed by atoms with E-state index in [0.29, 0.717) is 51.1 Å². The third-order valence-electron chi connectivity index (χ3n) is 6.96. The number of hydrogen-bond donors (Lipinski definition) is 1. The molecule has 1 aromatic carbocycles. The molecule has 1 N–H and O–H groups in total. The highest BCUT2D eigenvalue weighted by Gasteiger charge is 2.29. The van der Waals surface area contributed by atoms with Gasteiger partial charge in [0.05, 0.1) is 21.8 Å². The second-order valence-corrected chi connectivity index (χ2v) is 11.2. The molecule has 0 bridgehead atoms. The third-order valence-corrected chi connectivity index (χ3v) is 8.85. The molecule has 34 heavy (non-hydrogen) atoms. The van der Waals surface area contributed by atoms with Crippen LogP contribution >= 0.6 is 0 Å². The summed E-state index contributed by atoms with van der Waals surface area (Å²) in [5, 5.41) is 2.85. The van der Waals surface area contributed by atoms with Gasteiger partial charge in [-0.05, 0) is 50.8 Å². The van der Waals surface area contributed by atoms with Crippen LogP contribution in [-0.4, -0.2) is 71.7 Å². The molecule has 4 rings (SSSR count). The lowest BCUT2D eigenvalue weighted by Gasteiger charge is -2.32. The van der Waals surface area contributed by atoms with E-state index in [4.69, 9.17) is 0 Å². The SMILES string of the molecule is CCNC(=O)C1CCCN(C(=O)CCc2nc3cc(S(=O)(=O)N4CCCCC4)ccc3n2C)C1. The Morgan fingerprint density at radius 1 is 1.12 bits per heavy atom. The molecule has 2 aromatic rings. The van der Waals surface area contributed by atoms with Crippen LogP contribution in [0.25, 0.3) is 11.0 Å². The lowest BCUT2D eigenvalue weighted by Crippen LogP contribution is -2.45. The van der Waals surface area contributed by atoms with Crippen LogP contribution in [0.15, 0.2) is 23.1 Å². The number of imidazole rings is 1. The molecule has 10 heteroatoms. The summed E-state index contributed by atoms with van der Waals surface area (Å²) in [5.41, 5.74) is 1.46. The van der Waals surface area contributed by atoms with Crippen LogP contribution in [0.3, 0.4) is 0 Å². The minimum atomic E-state index is -3.52. The fourth-order valence-electron chi connectivity index (χ4n) is 4.98. The summed E-state index contributed by atoms with van der Waals surface area (Å²) >= 11 is 0. The Labute approximate surface area is 201 Å². The Hall–Kier alpha value is -2.46. The predicted octanol–water partition coefficient (Wildman–Crippen LogP) is 2.06. The number of aryl methyl sites for hydroxylation is 2. The van der Waals surface area contributed by atoms with E-state index in [0.717, 1.165) is 43.4 Å². The average molecular weight is 490 g/mol. The molecule has 1 unspecified atom stereocenters. The van der Waals surface area contributed by atoms with Gasteiger partial charge in [-0.15, -0.1) is 0 Å². The molecule has 0 aliphatic carbocycles. The van der Waals surface area contributed by atoms with Gasteiger partial charge in [0.15, 0.2) is 0 Å². The van der Waals surface area contributed by atoms with E-state index in [-0.39, 0.29) is 22.6 Å². The highest BCUT2D eigenvalue weighted by molar-refractivity contribution is 7.89. The predicted molar refractivity (Wildman–Crippen MR) is 130 cm³/mol. The first-order valence-corrected chi connectivity index (χ1v) is 13.8. The van der Waals surface area contributed by atoms with E-state index in [1.54, 1.807) is 27.4 Å². The standard InChI is InChI=1S/C24H35N5O4S/c1-3-25-24(31)18-8-7-13-28(17-18)23(30)12-11-22-26-20-16-19(9-10-21(20)27(22)2)34(32,33)29-14-5-4-6-15-29/h9-10,16,18H,3-8,11-15,17H2,1-2H3,(H,25,31). The number of aromatic nitrogens is 2. The Kier molecular flexibility index (Phi) is 7.57. The number of benzene rings is 1. The Balaban J connectivity index is 1.44. The number of piperidine rings is 2. The number of amides is 2. The highest BCUT2D eigenvalue weighted by Crippen LogP contribution is 2.25. The Morgan fingerprint density at radius 2 is 1.88 bits per heavy atom. The summed E-state index contributed by atoms with van der Waals surface area (Å²) < 4.78 is 29.6. The van der Waals surface area contributed by atoms with Crippen molar-refractivity contribution < 1.29 is 18.0 Å². The van der Waals surface area contributed by atoms with Gasteiger partial charge in [0.25, 0.3) is 0 Å². The molecule has 2 amide bonds. The van der Waals surface area contributed by atoms with Gasteiger partial charge in [-0.25, -0.2) is 13.4 Å². The fourth-order valence-corrected chi connectivity index (χ4v) is 6.52. The number of carbonyl (C=O) groups excluding carboxylic acids is 2. The third kappa shape index (κ3) is 5.12. The molecule has 1 atom stereocenters. The van der Waals surface area contributed by atoms with E-state index in [9.17, 15) is 18.0 Å². The molecule has 0 saturated carbocycles. The van der Waals surface area contributed by atoms with Crippen LogP contribution in [0, 0.1) is 5.92 Å². The minimum Gasteiger partial charge on any atom is -0.356 e. The van der Waals surface area contributed by atoms with Crippen molar-refractivity contribution >= 4 is 32.9 Å². The maximum absolute atomic E-state index is 13.0. The van der Waals surface area contributed by atoms with Crippen LogP contribution in [-0.2, 0) is 33.1 Å². The summed E-state index contributed by atoms with van der Waals surface area (Å²) in [6, 6.07) is 5.09. The maximum Gasteiger partial charge on any atom is 0.243 e. The number of fused-ring (bicyclic) bond motifs is 1. The molecule has 2 aliphatic rings. The molecule has 0 radical (unpaired) electrons. The number of sulfonamides is 1. The summed E-state index contributed by atoms with van der Waals surface area (Å²) in [6.45, 7) is 4.75. The minimum absolute atomic E-state index is 0.0191. The summed E-state index contributed by atoms with van der Waals surface area (Å²) in [4.78, 5) is 31.8. The number of nitrogens with one attached hydrogen (secondary N) is 1. The van der Waals surface area contributed by atoms with Gasteiger partial charge in [-0.3, -0.25) is 9.59 Å². The Morgan fingerprint density at radius 3 is 2.62 bits per heavy atom. The molecule has 3 heterocycles. The van der Waals surface area contributed by atoms with Crippen LogP contribution in [0.4, 0.5) is 0 Å². The van der Waals surface area contributed by atoms with Gasteiger partial charge < -0.3 is 14.8 Å². The van der Waals surface area contributed by atoms with Crippen LogP contribution in [0.1, 0.15) is 51.3 Å². The van der Waals surface area contributed by atoms with Crippen molar-refractivity contribution in [2.24, 2.45) is 13.0 Å².